The number of hydrogen-bond donors (Lipinski definition) is 1. The van der Waals surface area contributed by atoms with Gasteiger partial charge in [-0.1, -0.05) is 36.9 Å². The van der Waals surface area contributed by atoms with Crippen LogP contribution in [-0.2, 0) is 11.3 Å². The van der Waals surface area contributed by atoms with Crippen molar-refractivity contribution >= 4 is 16.7 Å². The van der Waals surface area contributed by atoms with Crippen molar-refractivity contribution in [3.63, 3.8) is 0 Å². The number of halogens is 5. The second-order valence-electron chi connectivity index (χ2n) is 8.57. The van der Waals surface area contributed by atoms with Gasteiger partial charge in [-0.15, -0.1) is 13.2 Å². The van der Waals surface area contributed by atoms with E-state index in [2.05, 4.69) is 26.6 Å². The lowest BCUT2D eigenvalue weighted by atomic mass is 10.2. The number of aromatic nitrogens is 4. The first-order chi connectivity index (χ1) is 20.1. The number of allylic oxidation sites excluding steroid dienone is 3. The van der Waals surface area contributed by atoms with Gasteiger partial charge in [-0.05, 0) is 45.1 Å². The van der Waals surface area contributed by atoms with E-state index < -0.39 is 17.9 Å². The Bertz CT molecular complexity index is 1600. The summed E-state index contributed by atoms with van der Waals surface area (Å²) in [5.41, 5.74) is 2.12. The highest BCUT2D eigenvalue weighted by molar-refractivity contribution is 5.91. The van der Waals surface area contributed by atoms with Crippen molar-refractivity contribution in [3.05, 3.63) is 102 Å². The topological polar surface area (TPSA) is 74.1 Å². The Labute approximate surface area is 240 Å². The Balaban J connectivity index is 0.00000237. The standard InChI is InChI=1S/C29H27F4N5O2.CH3F/c1-5-10-23(25(6-2)40-29(31,32)33)35-26-15-18(4)34-28(36-26)27-21-11-8-9-12-24(21)38(37-27)17-19-13-14-20(39-7-3)16-22(19)30;1-2/h5-6,8-16H,1,7,17H2,2-4H3,(H,34,35,36);1H3/b23-10+,25-6+;. The van der Waals surface area contributed by atoms with Gasteiger partial charge in [-0.3, -0.25) is 9.07 Å². The third-order valence-electron chi connectivity index (χ3n) is 5.68. The van der Waals surface area contributed by atoms with Crippen molar-refractivity contribution in [3.8, 4) is 17.3 Å². The largest absolute Gasteiger partial charge is 0.573 e. The molecule has 4 rings (SSSR count). The monoisotopic (exact) mass is 587 g/mol. The molecule has 2 heterocycles. The minimum Gasteiger partial charge on any atom is -0.494 e. The molecule has 0 spiro atoms. The summed E-state index contributed by atoms with van der Waals surface area (Å²) in [5.74, 6) is 0.0258. The molecule has 0 bridgehead atoms. The first-order valence-corrected chi connectivity index (χ1v) is 12.7. The molecule has 0 saturated carbocycles. The van der Waals surface area contributed by atoms with Crippen LogP contribution in [0.2, 0.25) is 0 Å². The number of alkyl halides is 4. The molecule has 2 aromatic heterocycles. The van der Waals surface area contributed by atoms with Gasteiger partial charge in [-0.25, -0.2) is 14.4 Å². The van der Waals surface area contributed by atoms with Crippen LogP contribution in [0.1, 0.15) is 25.1 Å². The van der Waals surface area contributed by atoms with Crippen LogP contribution in [0.5, 0.6) is 5.75 Å². The molecule has 2 aromatic carbocycles. The number of nitrogens with one attached hydrogen (secondary N) is 1. The molecule has 0 amide bonds. The smallest absolute Gasteiger partial charge is 0.494 e. The quantitative estimate of drug-likeness (QED) is 0.116. The predicted octanol–water partition coefficient (Wildman–Crippen LogP) is 7.90. The molecule has 4 aromatic rings. The van der Waals surface area contributed by atoms with E-state index in [1.165, 1.54) is 31.2 Å². The fourth-order valence-corrected chi connectivity index (χ4v) is 4.06. The fraction of sp³-hybridized carbons (Fsp3) is 0.233. The van der Waals surface area contributed by atoms with E-state index in [9.17, 15) is 22.0 Å². The number of anilines is 1. The van der Waals surface area contributed by atoms with Gasteiger partial charge in [-0.2, -0.15) is 5.10 Å². The summed E-state index contributed by atoms with van der Waals surface area (Å²) < 4.78 is 74.4. The number of aryl methyl sites for hydroxylation is 1. The molecule has 222 valence electrons. The van der Waals surface area contributed by atoms with Crippen molar-refractivity contribution in [2.45, 2.75) is 33.7 Å². The normalized spacial score (nSPS) is 12.0. The van der Waals surface area contributed by atoms with Crippen LogP contribution < -0.4 is 10.1 Å². The highest BCUT2D eigenvalue weighted by Gasteiger charge is 2.33. The number of rotatable bonds is 10. The van der Waals surface area contributed by atoms with E-state index in [1.807, 2.05) is 31.2 Å². The van der Waals surface area contributed by atoms with Crippen molar-refractivity contribution < 1.29 is 31.4 Å². The van der Waals surface area contributed by atoms with Crippen LogP contribution in [0.25, 0.3) is 22.4 Å². The van der Waals surface area contributed by atoms with Crippen LogP contribution in [0.15, 0.2) is 84.8 Å². The molecule has 1 N–H and O–H groups in total. The molecular formula is C30H30F5N5O2. The molecule has 0 aliphatic heterocycles. The van der Waals surface area contributed by atoms with Crippen molar-refractivity contribution in [1.29, 1.82) is 0 Å². The third-order valence-corrected chi connectivity index (χ3v) is 5.68. The van der Waals surface area contributed by atoms with E-state index in [0.717, 1.165) is 10.9 Å². The Hall–Kier alpha value is -4.74. The van der Waals surface area contributed by atoms with Gasteiger partial charge in [0.05, 0.1) is 31.5 Å². The second kappa shape index (κ2) is 14.2. The number of benzene rings is 2. The Kier molecular flexibility index (Phi) is 10.8. The number of nitrogens with zero attached hydrogens (tertiary/aromatic N) is 4. The van der Waals surface area contributed by atoms with E-state index >= 15 is 0 Å². The zero-order valence-corrected chi connectivity index (χ0v) is 23.5. The van der Waals surface area contributed by atoms with Crippen LogP contribution in [0, 0.1) is 12.7 Å². The molecule has 12 heteroatoms. The summed E-state index contributed by atoms with van der Waals surface area (Å²) in [6.45, 7) is 9.11. The van der Waals surface area contributed by atoms with Crippen LogP contribution in [0.3, 0.4) is 0 Å². The maximum absolute atomic E-state index is 14.8. The highest BCUT2D eigenvalue weighted by Crippen LogP contribution is 2.30. The van der Waals surface area contributed by atoms with Gasteiger partial charge in [0.15, 0.2) is 5.82 Å². The Morgan fingerprint density at radius 1 is 1.10 bits per heavy atom. The summed E-state index contributed by atoms with van der Waals surface area (Å²) >= 11 is 0. The van der Waals surface area contributed by atoms with Crippen LogP contribution in [0.4, 0.5) is 27.8 Å². The van der Waals surface area contributed by atoms with Crippen LogP contribution in [-0.4, -0.2) is 39.9 Å². The fourth-order valence-electron chi connectivity index (χ4n) is 4.06. The third kappa shape index (κ3) is 7.93. The molecule has 0 saturated heterocycles. The first kappa shape index (κ1) is 31.8. The van der Waals surface area contributed by atoms with Gasteiger partial charge in [0.1, 0.15) is 28.8 Å². The Morgan fingerprint density at radius 3 is 2.48 bits per heavy atom. The lowest BCUT2D eigenvalue weighted by Crippen LogP contribution is -2.17. The number of para-hydroxylation sites is 1. The van der Waals surface area contributed by atoms with E-state index in [0.29, 0.717) is 36.5 Å². The molecule has 0 radical (unpaired) electrons. The lowest BCUT2D eigenvalue weighted by molar-refractivity contribution is -0.303. The molecule has 0 atom stereocenters. The average molecular weight is 588 g/mol. The van der Waals surface area contributed by atoms with Gasteiger partial charge < -0.3 is 14.8 Å². The van der Waals surface area contributed by atoms with Crippen LogP contribution >= 0.6 is 0 Å². The minimum absolute atomic E-state index is 0.000220. The van der Waals surface area contributed by atoms with Crippen molar-refractivity contribution in [2.75, 3.05) is 19.1 Å². The van der Waals surface area contributed by atoms with E-state index in [1.54, 1.807) is 29.8 Å². The highest BCUT2D eigenvalue weighted by atomic mass is 19.4. The number of ether oxygens (including phenoxy) is 2. The van der Waals surface area contributed by atoms with E-state index in [-0.39, 0.29) is 23.9 Å². The first-order valence-electron chi connectivity index (χ1n) is 12.7. The molecule has 42 heavy (non-hydrogen) atoms. The maximum atomic E-state index is 14.8. The maximum Gasteiger partial charge on any atom is 0.573 e. The summed E-state index contributed by atoms with van der Waals surface area (Å²) in [4.78, 5) is 9.05. The molecule has 0 fully saturated rings. The average Bonchev–Trinajstić information content (AvgIpc) is 3.32. The van der Waals surface area contributed by atoms with Gasteiger partial charge in [0.25, 0.3) is 0 Å². The molecule has 0 aliphatic rings. The molecular weight excluding hydrogens is 557 g/mol. The summed E-state index contributed by atoms with van der Waals surface area (Å²) in [7, 11) is 0.500. The van der Waals surface area contributed by atoms with Gasteiger partial charge in [0, 0.05) is 28.8 Å². The molecule has 7 nitrogen and oxygen atoms in total. The second-order valence-corrected chi connectivity index (χ2v) is 8.57. The predicted molar refractivity (Wildman–Crippen MR) is 152 cm³/mol. The van der Waals surface area contributed by atoms with Crippen molar-refractivity contribution in [1.82, 2.24) is 19.7 Å². The zero-order valence-electron chi connectivity index (χ0n) is 23.5. The molecule has 0 unspecified atom stereocenters. The lowest BCUT2D eigenvalue weighted by Gasteiger charge is -2.17. The SMILES string of the molecule is C=C/C=C(Nc1cc(C)nc(-c2nn(Cc3ccc(OCC)cc3F)c3ccccc23)n1)\C(=C/C)OC(F)(F)F.CF. The summed E-state index contributed by atoms with van der Waals surface area (Å²) in [6.07, 6.45) is -1.03. The number of fused-ring (bicyclic) bond motifs is 1. The number of hydrogen-bond acceptors (Lipinski definition) is 6. The molecule has 0 aliphatic carbocycles. The van der Waals surface area contributed by atoms with Gasteiger partial charge >= 0.3 is 6.36 Å². The van der Waals surface area contributed by atoms with Crippen molar-refractivity contribution in [2.24, 2.45) is 0 Å². The zero-order chi connectivity index (χ0) is 30.9. The summed E-state index contributed by atoms with van der Waals surface area (Å²) in [6, 6.07) is 13.6. The minimum atomic E-state index is -4.88. The van der Waals surface area contributed by atoms with Gasteiger partial charge in [0.2, 0.25) is 0 Å². The summed E-state index contributed by atoms with van der Waals surface area (Å²) in [5, 5.41) is 8.30. The van der Waals surface area contributed by atoms with E-state index in [4.69, 9.17) is 9.84 Å². The Morgan fingerprint density at radius 2 is 1.83 bits per heavy atom.